The first kappa shape index (κ1) is 17.5. The summed E-state index contributed by atoms with van der Waals surface area (Å²) in [5.74, 6) is 0.254. The Hall–Kier alpha value is -1.85. The van der Waals surface area contributed by atoms with E-state index in [1.54, 1.807) is 23.1 Å². The molecule has 0 atom stereocenters. The van der Waals surface area contributed by atoms with E-state index in [0.717, 1.165) is 0 Å². The van der Waals surface area contributed by atoms with Crippen molar-refractivity contribution in [3.63, 3.8) is 0 Å². The van der Waals surface area contributed by atoms with Gasteiger partial charge in [0.2, 0.25) is 0 Å². The molecule has 0 radical (unpaired) electrons. The number of amides is 1. The van der Waals surface area contributed by atoms with E-state index in [2.05, 4.69) is 5.16 Å². The summed E-state index contributed by atoms with van der Waals surface area (Å²) >= 11 is 6.18. The standard InChI is InChI=1S/C17H21ClN2O3/c1-5-20(15-9-7-6-8-13(15)18)16(21)14-10-12(23-19-14)11-22-17(2,3)4/h6-10H,5,11H2,1-4H3. The van der Waals surface area contributed by atoms with Crippen molar-refractivity contribution in [1.82, 2.24) is 5.16 Å². The molecule has 0 saturated carbocycles. The molecule has 2 rings (SSSR count). The summed E-state index contributed by atoms with van der Waals surface area (Å²) in [6.07, 6.45) is 0. The summed E-state index contributed by atoms with van der Waals surface area (Å²) in [7, 11) is 0. The van der Waals surface area contributed by atoms with Gasteiger partial charge in [-0.3, -0.25) is 4.79 Å². The van der Waals surface area contributed by atoms with E-state index in [1.165, 1.54) is 0 Å². The number of carbonyl (C=O) groups is 1. The summed E-state index contributed by atoms with van der Waals surface area (Å²) in [5.41, 5.74) is 0.598. The van der Waals surface area contributed by atoms with Gasteiger partial charge < -0.3 is 14.2 Å². The number of halogens is 1. The Morgan fingerprint density at radius 1 is 1.35 bits per heavy atom. The smallest absolute Gasteiger partial charge is 0.280 e. The lowest BCUT2D eigenvalue weighted by Gasteiger charge is -2.20. The summed E-state index contributed by atoms with van der Waals surface area (Å²) < 4.78 is 10.8. The molecule has 23 heavy (non-hydrogen) atoms. The Bertz CT molecular complexity index is 676. The minimum atomic E-state index is -0.288. The molecule has 2 aromatic rings. The van der Waals surface area contributed by atoms with Gasteiger partial charge >= 0.3 is 0 Å². The van der Waals surface area contributed by atoms with Crippen molar-refractivity contribution in [2.45, 2.75) is 39.9 Å². The van der Waals surface area contributed by atoms with E-state index in [-0.39, 0.29) is 23.8 Å². The predicted octanol–water partition coefficient (Wildman–Crippen LogP) is 4.31. The van der Waals surface area contributed by atoms with Crippen molar-refractivity contribution >= 4 is 23.2 Å². The van der Waals surface area contributed by atoms with Crippen molar-refractivity contribution in [1.29, 1.82) is 0 Å². The Morgan fingerprint density at radius 3 is 2.65 bits per heavy atom. The molecule has 0 spiro atoms. The fourth-order valence-electron chi connectivity index (χ4n) is 2.00. The first-order chi connectivity index (χ1) is 10.8. The summed E-state index contributed by atoms with van der Waals surface area (Å²) in [6, 6.07) is 8.81. The van der Waals surface area contributed by atoms with Crippen LogP contribution in [0.2, 0.25) is 5.02 Å². The topological polar surface area (TPSA) is 55.6 Å². The van der Waals surface area contributed by atoms with E-state index < -0.39 is 0 Å². The average molecular weight is 337 g/mol. The molecule has 1 aromatic carbocycles. The normalized spacial score (nSPS) is 11.5. The highest BCUT2D eigenvalue weighted by Crippen LogP contribution is 2.26. The van der Waals surface area contributed by atoms with Crippen LogP contribution in [0.1, 0.15) is 43.9 Å². The number of carbonyl (C=O) groups excluding carboxylic acids is 1. The minimum absolute atomic E-state index is 0.235. The summed E-state index contributed by atoms with van der Waals surface area (Å²) in [6.45, 7) is 8.47. The molecule has 1 aromatic heterocycles. The van der Waals surface area contributed by atoms with Gasteiger partial charge in [-0.15, -0.1) is 0 Å². The minimum Gasteiger partial charge on any atom is -0.368 e. The number of aromatic nitrogens is 1. The Morgan fingerprint density at radius 2 is 2.04 bits per heavy atom. The van der Waals surface area contributed by atoms with E-state index in [1.807, 2.05) is 39.8 Å². The van der Waals surface area contributed by atoms with Gasteiger partial charge in [-0.1, -0.05) is 28.9 Å². The molecular formula is C17H21ClN2O3. The SMILES string of the molecule is CCN(C(=O)c1cc(COC(C)(C)C)on1)c1ccccc1Cl. The van der Waals surface area contributed by atoms with Gasteiger partial charge in [-0.25, -0.2) is 0 Å². The van der Waals surface area contributed by atoms with Crippen LogP contribution in [0.25, 0.3) is 0 Å². The average Bonchev–Trinajstić information content (AvgIpc) is 2.96. The van der Waals surface area contributed by atoms with Gasteiger partial charge in [0.15, 0.2) is 11.5 Å². The van der Waals surface area contributed by atoms with Gasteiger partial charge in [0.25, 0.3) is 5.91 Å². The van der Waals surface area contributed by atoms with Crippen LogP contribution in [0, 0.1) is 0 Å². The number of hydrogen-bond donors (Lipinski definition) is 0. The zero-order valence-corrected chi connectivity index (χ0v) is 14.6. The first-order valence-corrected chi connectivity index (χ1v) is 7.85. The maximum Gasteiger partial charge on any atom is 0.280 e. The third-order valence-corrected chi connectivity index (χ3v) is 3.45. The van der Waals surface area contributed by atoms with Crippen molar-refractivity contribution in [3.05, 3.63) is 46.8 Å². The molecule has 1 heterocycles. The zero-order valence-electron chi connectivity index (χ0n) is 13.8. The molecule has 1 amide bonds. The van der Waals surface area contributed by atoms with Crippen LogP contribution in [0.4, 0.5) is 5.69 Å². The number of nitrogens with zero attached hydrogens (tertiary/aromatic N) is 2. The molecule has 0 saturated heterocycles. The second kappa shape index (κ2) is 7.15. The van der Waals surface area contributed by atoms with E-state index in [9.17, 15) is 4.79 Å². The van der Waals surface area contributed by atoms with Crippen LogP contribution in [0.15, 0.2) is 34.9 Å². The van der Waals surface area contributed by atoms with Crippen molar-refractivity contribution < 1.29 is 14.1 Å². The van der Waals surface area contributed by atoms with Crippen LogP contribution in [0.5, 0.6) is 0 Å². The van der Waals surface area contributed by atoms with Crippen LogP contribution in [-0.4, -0.2) is 23.2 Å². The molecule has 0 aliphatic carbocycles. The Labute approximate surface area is 141 Å². The van der Waals surface area contributed by atoms with E-state index in [0.29, 0.717) is 23.0 Å². The zero-order chi connectivity index (χ0) is 17.0. The van der Waals surface area contributed by atoms with Crippen molar-refractivity contribution in [2.24, 2.45) is 0 Å². The highest BCUT2D eigenvalue weighted by molar-refractivity contribution is 6.34. The number of para-hydroxylation sites is 1. The molecule has 0 aliphatic rings. The molecule has 0 bridgehead atoms. The molecule has 0 N–H and O–H groups in total. The van der Waals surface area contributed by atoms with Crippen molar-refractivity contribution in [2.75, 3.05) is 11.4 Å². The summed E-state index contributed by atoms with van der Waals surface area (Å²) in [5, 5.41) is 4.37. The molecule has 124 valence electrons. The molecular weight excluding hydrogens is 316 g/mol. The number of ether oxygens (including phenoxy) is 1. The largest absolute Gasteiger partial charge is 0.368 e. The van der Waals surface area contributed by atoms with Crippen molar-refractivity contribution in [3.8, 4) is 0 Å². The van der Waals surface area contributed by atoms with Crippen LogP contribution >= 0.6 is 11.6 Å². The quantitative estimate of drug-likeness (QED) is 0.816. The monoisotopic (exact) mass is 336 g/mol. The van der Waals surface area contributed by atoms with Gasteiger partial charge in [0, 0.05) is 12.6 Å². The molecule has 5 nitrogen and oxygen atoms in total. The number of benzene rings is 1. The second-order valence-corrected chi connectivity index (χ2v) is 6.49. The van der Waals surface area contributed by atoms with Gasteiger partial charge in [0.1, 0.15) is 6.61 Å². The Balaban J connectivity index is 2.16. The number of rotatable bonds is 5. The fourth-order valence-corrected chi connectivity index (χ4v) is 2.24. The number of anilines is 1. The molecule has 0 aliphatic heterocycles. The fraction of sp³-hybridized carbons (Fsp3) is 0.412. The lowest BCUT2D eigenvalue weighted by Crippen LogP contribution is -2.31. The maximum atomic E-state index is 12.6. The lowest BCUT2D eigenvalue weighted by atomic mass is 10.2. The van der Waals surface area contributed by atoms with Crippen LogP contribution in [0.3, 0.4) is 0 Å². The van der Waals surface area contributed by atoms with Gasteiger partial charge in [-0.2, -0.15) is 0 Å². The van der Waals surface area contributed by atoms with Crippen LogP contribution in [-0.2, 0) is 11.3 Å². The third kappa shape index (κ3) is 4.56. The summed E-state index contributed by atoms with van der Waals surface area (Å²) in [4.78, 5) is 14.2. The first-order valence-electron chi connectivity index (χ1n) is 7.48. The lowest BCUT2D eigenvalue weighted by molar-refractivity contribution is -0.0241. The predicted molar refractivity (Wildman–Crippen MR) is 89.8 cm³/mol. The highest BCUT2D eigenvalue weighted by atomic mass is 35.5. The van der Waals surface area contributed by atoms with Gasteiger partial charge in [-0.05, 0) is 39.8 Å². The van der Waals surface area contributed by atoms with E-state index >= 15 is 0 Å². The van der Waals surface area contributed by atoms with Crippen LogP contribution < -0.4 is 4.90 Å². The molecule has 0 unspecified atom stereocenters. The molecule has 6 heteroatoms. The Kier molecular flexibility index (Phi) is 5.44. The number of hydrogen-bond acceptors (Lipinski definition) is 4. The maximum absolute atomic E-state index is 12.6. The second-order valence-electron chi connectivity index (χ2n) is 6.08. The third-order valence-electron chi connectivity index (χ3n) is 3.13. The highest BCUT2D eigenvalue weighted by Gasteiger charge is 2.22. The molecule has 0 fully saturated rings. The van der Waals surface area contributed by atoms with E-state index in [4.69, 9.17) is 20.9 Å². The van der Waals surface area contributed by atoms with Gasteiger partial charge in [0.05, 0.1) is 16.3 Å².